The first kappa shape index (κ1) is 14.6. The van der Waals surface area contributed by atoms with Crippen LogP contribution in [0.5, 0.6) is 0 Å². The summed E-state index contributed by atoms with van der Waals surface area (Å²) in [6, 6.07) is 0.783. The van der Waals surface area contributed by atoms with Crippen LogP contribution in [0.3, 0.4) is 0 Å². The van der Waals surface area contributed by atoms with Crippen molar-refractivity contribution >= 4 is 6.09 Å². The maximum Gasteiger partial charge on any atom is 0.407 e. The van der Waals surface area contributed by atoms with E-state index < -0.39 is 5.60 Å². The molecule has 0 spiro atoms. The Bertz CT molecular complexity index is 306. The first-order valence-corrected chi connectivity index (χ1v) is 7.69. The minimum absolute atomic E-state index is 0.261. The molecule has 0 aromatic rings. The van der Waals surface area contributed by atoms with Crippen LogP contribution in [0.1, 0.15) is 59.3 Å². The van der Waals surface area contributed by atoms with Gasteiger partial charge in [-0.05, 0) is 59.5 Å². The number of nitrogens with zero attached hydrogens (tertiary/aromatic N) is 1. The first-order chi connectivity index (χ1) is 8.96. The molecule has 2 fully saturated rings. The Morgan fingerprint density at radius 3 is 2.37 bits per heavy atom. The number of likely N-dealkylation sites (tertiary alicyclic amines) is 1. The fourth-order valence-electron chi connectivity index (χ4n) is 3.25. The van der Waals surface area contributed by atoms with Crippen molar-refractivity contribution in [3.05, 3.63) is 0 Å². The first-order valence-electron chi connectivity index (χ1n) is 7.69. The lowest BCUT2D eigenvalue weighted by Gasteiger charge is -2.38. The number of alkyl carbamates (subject to hydrolysis) is 1. The quantitative estimate of drug-likeness (QED) is 0.837. The molecule has 4 nitrogen and oxygen atoms in total. The molecule has 19 heavy (non-hydrogen) atoms. The molecule has 1 amide bonds. The zero-order chi connectivity index (χ0) is 13.9. The van der Waals surface area contributed by atoms with E-state index in [9.17, 15) is 4.79 Å². The highest BCUT2D eigenvalue weighted by Gasteiger charge is 2.33. The lowest BCUT2D eigenvalue weighted by molar-refractivity contribution is 0.0439. The van der Waals surface area contributed by atoms with E-state index >= 15 is 0 Å². The van der Waals surface area contributed by atoms with Gasteiger partial charge in [-0.25, -0.2) is 4.79 Å². The lowest BCUT2D eigenvalue weighted by Crippen LogP contribution is -2.53. The highest BCUT2D eigenvalue weighted by Crippen LogP contribution is 2.26. The van der Waals surface area contributed by atoms with Crippen LogP contribution >= 0.6 is 0 Å². The summed E-state index contributed by atoms with van der Waals surface area (Å²) < 4.78 is 5.38. The molecule has 2 aliphatic rings. The van der Waals surface area contributed by atoms with Gasteiger partial charge in [0.1, 0.15) is 5.60 Å². The van der Waals surface area contributed by atoms with Crippen molar-refractivity contribution in [2.75, 3.05) is 13.1 Å². The van der Waals surface area contributed by atoms with Crippen LogP contribution in [0.25, 0.3) is 0 Å². The maximum atomic E-state index is 11.9. The van der Waals surface area contributed by atoms with E-state index in [4.69, 9.17) is 4.74 Å². The van der Waals surface area contributed by atoms with Crippen molar-refractivity contribution in [1.82, 2.24) is 10.2 Å². The fraction of sp³-hybridized carbons (Fsp3) is 0.933. The molecule has 0 aromatic carbocycles. The smallest absolute Gasteiger partial charge is 0.407 e. The number of ether oxygens (including phenoxy) is 1. The third kappa shape index (κ3) is 4.37. The van der Waals surface area contributed by atoms with Gasteiger partial charge in [0.2, 0.25) is 0 Å². The van der Waals surface area contributed by atoms with Crippen LogP contribution in [0, 0.1) is 0 Å². The molecule has 1 saturated heterocycles. The molecule has 0 bridgehead atoms. The molecule has 0 aromatic heterocycles. The van der Waals surface area contributed by atoms with Gasteiger partial charge in [-0.1, -0.05) is 12.8 Å². The van der Waals surface area contributed by atoms with E-state index in [0.29, 0.717) is 6.04 Å². The van der Waals surface area contributed by atoms with Crippen LogP contribution in [-0.4, -0.2) is 41.8 Å². The summed E-state index contributed by atoms with van der Waals surface area (Å²) in [6.07, 6.45) is 7.13. The van der Waals surface area contributed by atoms with Crippen LogP contribution in [0.2, 0.25) is 0 Å². The van der Waals surface area contributed by atoms with Gasteiger partial charge in [-0.2, -0.15) is 0 Å². The number of nitrogens with one attached hydrogen (secondary N) is 1. The van der Waals surface area contributed by atoms with E-state index in [-0.39, 0.29) is 12.1 Å². The van der Waals surface area contributed by atoms with Gasteiger partial charge >= 0.3 is 6.09 Å². The summed E-state index contributed by atoms with van der Waals surface area (Å²) in [5.74, 6) is 0. The van der Waals surface area contributed by atoms with Gasteiger partial charge in [0.05, 0.1) is 0 Å². The minimum Gasteiger partial charge on any atom is -0.444 e. The van der Waals surface area contributed by atoms with Crippen molar-refractivity contribution in [2.45, 2.75) is 77.0 Å². The van der Waals surface area contributed by atoms with Crippen molar-refractivity contribution in [2.24, 2.45) is 0 Å². The molecule has 4 heteroatoms. The number of amides is 1. The summed E-state index contributed by atoms with van der Waals surface area (Å²) in [5, 5.41) is 3.10. The van der Waals surface area contributed by atoms with Gasteiger partial charge in [-0.3, -0.25) is 4.90 Å². The average molecular weight is 268 g/mol. The zero-order valence-corrected chi connectivity index (χ0v) is 12.6. The standard InChI is InChI=1S/C15H28N2O2/c1-15(2,3)19-14(18)16-12-8-4-5-9-13(12)17-10-6-7-11-17/h12-13H,4-11H2,1-3H3,(H,16,18)/t12?,13-/m1/s1. The van der Waals surface area contributed by atoms with Crippen LogP contribution in [0.4, 0.5) is 4.79 Å². The van der Waals surface area contributed by atoms with E-state index in [1.165, 1.54) is 45.2 Å². The molecule has 2 rings (SSSR count). The topological polar surface area (TPSA) is 41.6 Å². The zero-order valence-electron chi connectivity index (χ0n) is 12.6. The van der Waals surface area contributed by atoms with E-state index in [2.05, 4.69) is 10.2 Å². The highest BCUT2D eigenvalue weighted by molar-refractivity contribution is 5.68. The maximum absolute atomic E-state index is 11.9. The van der Waals surface area contributed by atoms with Crippen LogP contribution < -0.4 is 5.32 Å². The number of hydrogen-bond donors (Lipinski definition) is 1. The van der Waals surface area contributed by atoms with E-state index in [1.807, 2.05) is 20.8 Å². The lowest BCUT2D eigenvalue weighted by atomic mass is 9.89. The molecular weight excluding hydrogens is 240 g/mol. The Balaban J connectivity index is 1.90. The summed E-state index contributed by atoms with van der Waals surface area (Å²) in [7, 11) is 0. The molecule has 1 aliphatic carbocycles. The van der Waals surface area contributed by atoms with Crippen molar-refractivity contribution in [3.63, 3.8) is 0 Å². The number of rotatable bonds is 2. The number of carbonyl (C=O) groups excluding carboxylic acids is 1. The van der Waals surface area contributed by atoms with Crippen LogP contribution in [-0.2, 0) is 4.74 Å². The second-order valence-electron chi connectivity index (χ2n) is 6.85. The molecule has 1 N–H and O–H groups in total. The van der Waals surface area contributed by atoms with Gasteiger partial charge in [0, 0.05) is 12.1 Å². The predicted molar refractivity (Wildman–Crippen MR) is 76.2 cm³/mol. The Morgan fingerprint density at radius 1 is 1.11 bits per heavy atom. The van der Waals surface area contributed by atoms with Gasteiger partial charge in [-0.15, -0.1) is 0 Å². The number of hydrogen-bond acceptors (Lipinski definition) is 3. The summed E-state index contributed by atoms with van der Waals surface area (Å²) in [4.78, 5) is 14.5. The molecule has 110 valence electrons. The second kappa shape index (κ2) is 6.12. The summed E-state index contributed by atoms with van der Waals surface area (Å²) in [6.45, 7) is 8.11. The Morgan fingerprint density at radius 2 is 1.74 bits per heavy atom. The highest BCUT2D eigenvalue weighted by atomic mass is 16.6. The minimum atomic E-state index is -0.415. The SMILES string of the molecule is CC(C)(C)OC(=O)NC1CCCC[C@H]1N1CCCC1. The van der Waals surface area contributed by atoms with E-state index in [0.717, 1.165) is 6.42 Å². The predicted octanol–water partition coefficient (Wildman–Crippen LogP) is 2.92. The third-order valence-corrected chi connectivity index (χ3v) is 4.04. The number of carbonyl (C=O) groups is 1. The summed E-state index contributed by atoms with van der Waals surface area (Å²) >= 11 is 0. The van der Waals surface area contributed by atoms with Crippen molar-refractivity contribution in [3.8, 4) is 0 Å². The fourth-order valence-corrected chi connectivity index (χ4v) is 3.25. The van der Waals surface area contributed by atoms with Crippen LogP contribution in [0.15, 0.2) is 0 Å². The molecule has 1 unspecified atom stereocenters. The monoisotopic (exact) mass is 268 g/mol. The molecule has 2 atom stereocenters. The van der Waals surface area contributed by atoms with Gasteiger partial charge < -0.3 is 10.1 Å². The Kier molecular flexibility index (Phi) is 4.71. The van der Waals surface area contributed by atoms with Crippen molar-refractivity contribution in [1.29, 1.82) is 0 Å². The Hall–Kier alpha value is -0.770. The Labute approximate surface area is 116 Å². The summed E-state index contributed by atoms with van der Waals surface area (Å²) in [5.41, 5.74) is -0.415. The van der Waals surface area contributed by atoms with Gasteiger partial charge in [0.25, 0.3) is 0 Å². The normalized spacial score (nSPS) is 29.2. The van der Waals surface area contributed by atoms with E-state index in [1.54, 1.807) is 0 Å². The van der Waals surface area contributed by atoms with Gasteiger partial charge in [0.15, 0.2) is 0 Å². The molecule has 1 heterocycles. The van der Waals surface area contributed by atoms with Crippen molar-refractivity contribution < 1.29 is 9.53 Å². The molecule has 1 aliphatic heterocycles. The molecule has 0 radical (unpaired) electrons. The molecular formula is C15H28N2O2. The largest absolute Gasteiger partial charge is 0.444 e. The molecule has 1 saturated carbocycles. The second-order valence-corrected chi connectivity index (χ2v) is 6.85. The average Bonchev–Trinajstić information content (AvgIpc) is 2.80. The third-order valence-electron chi connectivity index (χ3n) is 4.04.